The molecule has 1 saturated heterocycles. The molecule has 1 aromatic carbocycles. The van der Waals surface area contributed by atoms with Gasteiger partial charge in [0.1, 0.15) is 5.75 Å². The highest BCUT2D eigenvalue weighted by Crippen LogP contribution is 2.43. The van der Waals surface area contributed by atoms with Crippen molar-refractivity contribution < 1.29 is 14.6 Å². The van der Waals surface area contributed by atoms with Gasteiger partial charge in [-0.3, -0.25) is 0 Å². The Balaban J connectivity index is 1.57. The zero-order chi connectivity index (χ0) is 15.0. The van der Waals surface area contributed by atoms with Crippen LogP contribution in [0.2, 0.25) is 0 Å². The molecule has 1 heterocycles. The van der Waals surface area contributed by atoms with Gasteiger partial charge in [0.25, 0.3) is 0 Å². The predicted molar refractivity (Wildman–Crippen MR) is 80.4 cm³/mol. The standard InChI is InChI=1S/C16H22N2O3/c1-16(20)7-11-9-18(10-12(11)8-16)15(19)17-13-3-5-14(21-2)6-4-13/h3-6,11-12,20H,7-10H2,1-2H3,(H,17,19)/t11-,12+,16-. The number of nitrogens with one attached hydrogen (secondary N) is 1. The minimum atomic E-state index is -0.548. The third kappa shape index (κ3) is 2.97. The van der Waals surface area contributed by atoms with Gasteiger partial charge >= 0.3 is 6.03 Å². The van der Waals surface area contributed by atoms with Gasteiger partial charge in [-0.15, -0.1) is 0 Å². The van der Waals surface area contributed by atoms with E-state index in [1.807, 2.05) is 36.1 Å². The highest BCUT2D eigenvalue weighted by Gasteiger charge is 2.46. The fraction of sp³-hybridized carbons (Fsp3) is 0.562. The molecule has 21 heavy (non-hydrogen) atoms. The van der Waals surface area contributed by atoms with Crippen LogP contribution in [0.1, 0.15) is 19.8 Å². The van der Waals surface area contributed by atoms with Crippen LogP contribution < -0.4 is 10.1 Å². The summed E-state index contributed by atoms with van der Waals surface area (Å²) in [6.45, 7) is 3.37. The molecule has 0 spiro atoms. The van der Waals surface area contributed by atoms with E-state index in [9.17, 15) is 9.90 Å². The summed E-state index contributed by atoms with van der Waals surface area (Å²) in [5.41, 5.74) is 0.221. The molecule has 1 aliphatic heterocycles. The summed E-state index contributed by atoms with van der Waals surface area (Å²) in [5.74, 6) is 1.63. The van der Waals surface area contributed by atoms with Gasteiger partial charge in [-0.2, -0.15) is 0 Å². The molecule has 0 bridgehead atoms. The summed E-state index contributed by atoms with van der Waals surface area (Å²) in [6.07, 6.45) is 1.59. The monoisotopic (exact) mass is 290 g/mol. The van der Waals surface area contributed by atoms with Gasteiger partial charge in [0.2, 0.25) is 0 Å². The van der Waals surface area contributed by atoms with E-state index in [0.29, 0.717) is 11.8 Å². The van der Waals surface area contributed by atoms with Crippen molar-refractivity contribution >= 4 is 11.7 Å². The van der Waals surface area contributed by atoms with Crippen LogP contribution in [-0.4, -0.2) is 41.8 Å². The molecular weight excluding hydrogens is 268 g/mol. The number of fused-ring (bicyclic) bond motifs is 1. The lowest BCUT2D eigenvalue weighted by atomic mass is 10.0. The highest BCUT2D eigenvalue weighted by molar-refractivity contribution is 5.89. The van der Waals surface area contributed by atoms with Crippen LogP contribution in [0.3, 0.4) is 0 Å². The van der Waals surface area contributed by atoms with Gasteiger partial charge in [0.05, 0.1) is 12.7 Å². The van der Waals surface area contributed by atoms with E-state index < -0.39 is 5.60 Å². The van der Waals surface area contributed by atoms with Crippen LogP contribution in [-0.2, 0) is 0 Å². The first-order valence-electron chi connectivity index (χ1n) is 7.39. The second-order valence-electron chi connectivity index (χ2n) is 6.49. The van der Waals surface area contributed by atoms with Gasteiger partial charge in [0.15, 0.2) is 0 Å². The first-order valence-corrected chi connectivity index (χ1v) is 7.39. The Hall–Kier alpha value is -1.75. The molecular formula is C16H22N2O3. The number of methoxy groups -OCH3 is 1. The summed E-state index contributed by atoms with van der Waals surface area (Å²) < 4.78 is 5.10. The summed E-state index contributed by atoms with van der Waals surface area (Å²) in [4.78, 5) is 14.1. The van der Waals surface area contributed by atoms with Gasteiger partial charge in [-0.05, 0) is 55.9 Å². The molecule has 0 aromatic heterocycles. The smallest absolute Gasteiger partial charge is 0.321 e. The second-order valence-corrected chi connectivity index (χ2v) is 6.49. The zero-order valence-electron chi connectivity index (χ0n) is 12.5. The number of carbonyl (C=O) groups is 1. The maximum Gasteiger partial charge on any atom is 0.321 e. The largest absolute Gasteiger partial charge is 0.497 e. The third-order valence-electron chi connectivity index (χ3n) is 4.61. The topological polar surface area (TPSA) is 61.8 Å². The van der Waals surface area contributed by atoms with Crippen molar-refractivity contribution in [2.75, 3.05) is 25.5 Å². The van der Waals surface area contributed by atoms with E-state index in [0.717, 1.165) is 37.4 Å². The van der Waals surface area contributed by atoms with E-state index in [1.165, 1.54) is 0 Å². The molecule has 3 rings (SSSR count). The number of benzene rings is 1. The molecule has 1 aromatic rings. The number of rotatable bonds is 2. The lowest BCUT2D eigenvalue weighted by molar-refractivity contribution is 0.0559. The minimum absolute atomic E-state index is 0.0609. The maximum absolute atomic E-state index is 12.3. The number of ether oxygens (including phenoxy) is 1. The number of aliphatic hydroxyl groups is 1. The first kappa shape index (κ1) is 14.2. The Morgan fingerprint density at radius 2 is 1.86 bits per heavy atom. The van der Waals surface area contributed by atoms with Crippen LogP contribution in [0.5, 0.6) is 5.75 Å². The normalized spacial score (nSPS) is 31.1. The maximum atomic E-state index is 12.3. The molecule has 114 valence electrons. The van der Waals surface area contributed by atoms with E-state index >= 15 is 0 Å². The summed E-state index contributed by atoms with van der Waals surface area (Å²) in [5, 5.41) is 13.0. The number of likely N-dealkylation sites (tertiary alicyclic amines) is 1. The molecule has 1 saturated carbocycles. The van der Waals surface area contributed by atoms with E-state index in [1.54, 1.807) is 7.11 Å². The third-order valence-corrected chi connectivity index (χ3v) is 4.61. The van der Waals surface area contributed by atoms with Crippen LogP contribution in [0.15, 0.2) is 24.3 Å². The van der Waals surface area contributed by atoms with Crippen molar-refractivity contribution in [1.29, 1.82) is 0 Å². The average Bonchev–Trinajstić information content (AvgIpc) is 2.93. The van der Waals surface area contributed by atoms with E-state index in [-0.39, 0.29) is 6.03 Å². The number of carbonyl (C=O) groups excluding carboxylic acids is 1. The molecule has 5 nitrogen and oxygen atoms in total. The second kappa shape index (κ2) is 5.22. The Bertz CT molecular complexity index is 511. The number of hydrogen-bond donors (Lipinski definition) is 2. The molecule has 0 radical (unpaired) electrons. The molecule has 2 fully saturated rings. The van der Waals surface area contributed by atoms with Gasteiger partial charge in [0, 0.05) is 18.8 Å². The number of amides is 2. The van der Waals surface area contributed by atoms with Crippen molar-refractivity contribution in [3.05, 3.63) is 24.3 Å². The minimum Gasteiger partial charge on any atom is -0.497 e. The van der Waals surface area contributed by atoms with E-state index in [2.05, 4.69) is 5.32 Å². The Morgan fingerprint density at radius 3 is 2.38 bits per heavy atom. The zero-order valence-corrected chi connectivity index (χ0v) is 12.5. The van der Waals surface area contributed by atoms with Crippen molar-refractivity contribution in [1.82, 2.24) is 4.90 Å². The van der Waals surface area contributed by atoms with Crippen LogP contribution in [0.4, 0.5) is 10.5 Å². The molecule has 5 heteroatoms. The fourth-order valence-corrected chi connectivity index (χ4v) is 3.66. The fourth-order valence-electron chi connectivity index (χ4n) is 3.66. The number of urea groups is 1. The van der Waals surface area contributed by atoms with Gasteiger partial charge in [-0.25, -0.2) is 4.79 Å². The first-order chi connectivity index (χ1) is 9.97. The van der Waals surface area contributed by atoms with Crippen molar-refractivity contribution in [3.8, 4) is 5.75 Å². The Labute approximate surface area is 124 Å². The molecule has 2 N–H and O–H groups in total. The van der Waals surface area contributed by atoms with Gasteiger partial charge in [-0.1, -0.05) is 0 Å². The molecule has 2 amide bonds. The lowest BCUT2D eigenvalue weighted by Gasteiger charge is -2.22. The number of nitrogens with zero attached hydrogens (tertiary/aromatic N) is 1. The summed E-state index contributed by atoms with van der Waals surface area (Å²) >= 11 is 0. The Kier molecular flexibility index (Phi) is 3.53. The van der Waals surface area contributed by atoms with Crippen molar-refractivity contribution in [2.24, 2.45) is 11.8 Å². The van der Waals surface area contributed by atoms with E-state index in [4.69, 9.17) is 4.74 Å². The lowest BCUT2D eigenvalue weighted by Crippen LogP contribution is -2.35. The van der Waals surface area contributed by atoms with Crippen LogP contribution in [0, 0.1) is 11.8 Å². The average molecular weight is 290 g/mol. The SMILES string of the molecule is COc1ccc(NC(=O)N2C[C@@H]3C[C@](C)(O)C[C@@H]3C2)cc1. The van der Waals surface area contributed by atoms with Crippen LogP contribution >= 0.6 is 0 Å². The Morgan fingerprint density at radius 1 is 1.29 bits per heavy atom. The molecule has 3 atom stereocenters. The van der Waals surface area contributed by atoms with Crippen LogP contribution in [0.25, 0.3) is 0 Å². The predicted octanol–water partition coefficient (Wildman–Crippen LogP) is 2.32. The summed E-state index contributed by atoms with van der Waals surface area (Å²) in [7, 11) is 1.62. The number of hydrogen-bond acceptors (Lipinski definition) is 3. The van der Waals surface area contributed by atoms with Gasteiger partial charge < -0.3 is 20.1 Å². The number of anilines is 1. The molecule has 0 unspecified atom stereocenters. The summed E-state index contributed by atoms with van der Waals surface area (Å²) in [6, 6.07) is 7.25. The molecule has 1 aliphatic carbocycles. The quantitative estimate of drug-likeness (QED) is 0.878. The molecule has 2 aliphatic rings. The van der Waals surface area contributed by atoms with Crippen molar-refractivity contribution in [3.63, 3.8) is 0 Å². The highest BCUT2D eigenvalue weighted by atomic mass is 16.5. The van der Waals surface area contributed by atoms with Crippen molar-refractivity contribution in [2.45, 2.75) is 25.4 Å².